The summed E-state index contributed by atoms with van der Waals surface area (Å²) in [7, 11) is 0. The minimum Gasteiger partial charge on any atom is -0.396 e. The molecule has 3 amide bonds. The second-order valence-electron chi connectivity index (χ2n) is 8.92. The van der Waals surface area contributed by atoms with Crippen molar-refractivity contribution < 1.29 is 19.5 Å². The third kappa shape index (κ3) is 4.64. The van der Waals surface area contributed by atoms with E-state index in [1.165, 1.54) is 0 Å². The molecule has 3 rings (SSSR count). The number of carbonyl (C=O) groups excluding carboxylic acids is 3. The van der Waals surface area contributed by atoms with E-state index in [1.54, 1.807) is 16.7 Å². The van der Waals surface area contributed by atoms with E-state index in [9.17, 15) is 19.5 Å². The van der Waals surface area contributed by atoms with E-state index >= 15 is 0 Å². The zero-order chi connectivity index (χ0) is 22.6. The molecule has 0 radical (unpaired) electrons. The van der Waals surface area contributed by atoms with Gasteiger partial charge in [0.1, 0.15) is 6.04 Å². The van der Waals surface area contributed by atoms with E-state index in [2.05, 4.69) is 33.5 Å². The summed E-state index contributed by atoms with van der Waals surface area (Å²) in [5, 5.41) is 15.3. The number of nitrogens with one attached hydrogen (secondary N) is 2. The summed E-state index contributed by atoms with van der Waals surface area (Å²) in [6, 6.07) is -0.565. The highest BCUT2D eigenvalue weighted by Gasteiger charge is 2.75. The third-order valence-electron chi connectivity index (χ3n) is 6.78. The highest BCUT2D eigenvalue weighted by atomic mass is 79.9. The molecular formula is C22H36BrN3O4S. The van der Waals surface area contributed by atoms with Gasteiger partial charge < -0.3 is 20.6 Å². The predicted octanol–water partition coefficient (Wildman–Crippen LogP) is 2.06. The lowest BCUT2D eigenvalue weighted by atomic mass is 9.70. The van der Waals surface area contributed by atoms with Crippen LogP contribution in [0.1, 0.15) is 58.8 Å². The Hall–Kier alpha value is -0.800. The maximum absolute atomic E-state index is 13.6. The molecule has 9 heteroatoms. The van der Waals surface area contributed by atoms with Crippen LogP contribution in [-0.4, -0.2) is 74.8 Å². The summed E-state index contributed by atoms with van der Waals surface area (Å²) in [6.45, 7) is 5.83. The predicted molar refractivity (Wildman–Crippen MR) is 126 cm³/mol. The number of halogens is 1. The molecule has 0 aromatic carbocycles. The summed E-state index contributed by atoms with van der Waals surface area (Å²) in [4.78, 5) is 41.9. The fraction of sp³-hybridized carbons (Fsp3) is 0.864. The number of likely N-dealkylation sites (tertiary alicyclic amines) is 1. The number of rotatable bonds is 12. The number of amides is 3. The summed E-state index contributed by atoms with van der Waals surface area (Å²) in [5.41, 5.74) is 0. The Morgan fingerprint density at radius 1 is 1.13 bits per heavy atom. The van der Waals surface area contributed by atoms with Crippen LogP contribution in [0.2, 0.25) is 0 Å². The molecule has 3 heterocycles. The number of hydrogen-bond acceptors (Lipinski definition) is 5. The van der Waals surface area contributed by atoms with E-state index < -0.39 is 22.6 Å². The SMILES string of the molecule is CCCCCNC(=O)C1N(CCCCO)C(=O)[C@@H]2[C@@H](C(=O)NCCC)[C@@H]3SC12CC3Br. The summed E-state index contributed by atoms with van der Waals surface area (Å²) in [5.74, 6) is -1.12. The van der Waals surface area contributed by atoms with Crippen molar-refractivity contribution in [2.45, 2.75) is 79.7 Å². The van der Waals surface area contributed by atoms with Gasteiger partial charge in [-0.1, -0.05) is 42.6 Å². The molecular weight excluding hydrogens is 482 g/mol. The fourth-order valence-electron chi connectivity index (χ4n) is 5.41. The molecule has 3 aliphatic heterocycles. The summed E-state index contributed by atoms with van der Waals surface area (Å²) < 4.78 is -0.571. The Morgan fingerprint density at radius 3 is 2.55 bits per heavy atom. The van der Waals surface area contributed by atoms with E-state index in [4.69, 9.17) is 0 Å². The normalized spacial score (nSPS) is 33.6. The molecule has 3 saturated heterocycles. The average Bonchev–Trinajstić information content (AvgIpc) is 3.33. The number of unbranched alkanes of at least 4 members (excludes halogenated alkanes) is 3. The van der Waals surface area contributed by atoms with E-state index in [0.717, 1.165) is 25.7 Å². The smallest absolute Gasteiger partial charge is 0.244 e. The van der Waals surface area contributed by atoms with Crippen molar-refractivity contribution >= 4 is 45.4 Å². The standard InChI is InChI=1S/C22H36BrN3O4S/c1-3-5-6-10-25-20(29)18-22-13-14(23)17(31-22)15(19(28)24-9-4-2)16(22)21(30)26(18)11-7-8-12-27/h14-18,27H,3-13H2,1-2H3,(H,24,28)(H,25,29)/t14?,15-,16+,17-,18?,22?/m1/s1. The van der Waals surface area contributed by atoms with Gasteiger partial charge in [-0.25, -0.2) is 0 Å². The Kier molecular flexibility index (Phi) is 8.72. The van der Waals surface area contributed by atoms with Crippen LogP contribution in [0.15, 0.2) is 0 Å². The number of aliphatic hydroxyl groups excluding tert-OH is 1. The van der Waals surface area contributed by atoms with Gasteiger partial charge in [0.2, 0.25) is 17.7 Å². The van der Waals surface area contributed by atoms with E-state index in [1.807, 2.05) is 6.92 Å². The van der Waals surface area contributed by atoms with Crippen LogP contribution in [0.5, 0.6) is 0 Å². The maximum atomic E-state index is 13.6. The Labute approximate surface area is 198 Å². The lowest BCUT2D eigenvalue weighted by molar-refractivity contribution is -0.140. The van der Waals surface area contributed by atoms with Crippen LogP contribution in [0.3, 0.4) is 0 Å². The number of nitrogens with zero attached hydrogens (tertiary/aromatic N) is 1. The zero-order valence-electron chi connectivity index (χ0n) is 18.6. The van der Waals surface area contributed by atoms with Gasteiger partial charge >= 0.3 is 0 Å². The largest absolute Gasteiger partial charge is 0.396 e. The fourth-order valence-corrected chi connectivity index (χ4v) is 9.03. The van der Waals surface area contributed by atoms with Crippen molar-refractivity contribution in [3.8, 4) is 0 Å². The van der Waals surface area contributed by atoms with Crippen molar-refractivity contribution in [3.63, 3.8) is 0 Å². The second-order valence-corrected chi connectivity index (χ2v) is 11.6. The number of hydrogen-bond donors (Lipinski definition) is 3. The van der Waals surface area contributed by atoms with Crippen LogP contribution in [-0.2, 0) is 14.4 Å². The first kappa shape index (κ1) is 24.8. The molecule has 3 unspecified atom stereocenters. The number of thioether (sulfide) groups is 1. The first-order valence-corrected chi connectivity index (χ1v) is 13.5. The number of aliphatic hydroxyl groups is 1. The van der Waals surface area contributed by atoms with Gasteiger partial charge in [-0.3, -0.25) is 14.4 Å². The van der Waals surface area contributed by atoms with Gasteiger partial charge in [0.15, 0.2) is 0 Å². The van der Waals surface area contributed by atoms with Crippen molar-refractivity contribution in [1.82, 2.24) is 15.5 Å². The molecule has 31 heavy (non-hydrogen) atoms. The van der Waals surface area contributed by atoms with Gasteiger partial charge in [-0.15, -0.1) is 11.8 Å². The minimum atomic E-state index is -0.571. The molecule has 3 fully saturated rings. The lowest BCUT2D eigenvalue weighted by Crippen LogP contribution is -2.55. The first-order valence-electron chi connectivity index (χ1n) is 11.7. The topological polar surface area (TPSA) is 98.7 Å². The Bertz CT molecular complexity index is 681. The van der Waals surface area contributed by atoms with Crippen molar-refractivity contribution in [3.05, 3.63) is 0 Å². The van der Waals surface area contributed by atoms with Crippen molar-refractivity contribution in [1.29, 1.82) is 0 Å². The van der Waals surface area contributed by atoms with Crippen LogP contribution >= 0.6 is 27.7 Å². The number of alkyl halides is 1. The molecule has 0 aliphatic carbocycles. The van der Waals surface area contributed by atoms with Crippen LogP contribution in [0.4, 0.5) is 0 Å². The minimum absolute atomic E-state index is 0.000731. The summed E-state index contributed by atoms with van der Waals surface area (Å²) in [6.07, 6.45) is 5.83. The van der Waals surface area contributed by atoms with Crippen LogP contribution in [0.25, 0.3) is 0 Å². The monoisotopic (exact) mass is 517 g/mol. The second kappa shape index (κ2) is 10.9. The van der Waals surface area contributed by atoms with Gasteiger partial charge in [-0.2, -0.15) is 0 Å². The Balaban J connectivity index is 1.87. The molecule has 0 aromatic heterocycles. The van der Waals surface area contributed by atoms with Gasteiger partial charge in [0, 0.05) is 36.3 Å². The van der Waals surface area contributed by atoms with Crippen LogP contribution in [0, 0.1) is 11.8 Å². The molecule has 7 nitrogen and oxygen atoms in total. The van der Waals surface area contributed by atoms with Gasteiger partial charge in [-0.05, 0) is 32.1 Å². The highest BCUT2D eigenvalue weighted by Crippen LogP contribution is 2.67. The molecule has 2 bridgehead atoms. The van der Waals surface area contributed by atoms with Gasteiger partial charge in [0.25, 0.3) is 0 Å². The maximum Gasteiger partial charge on any atom is 0.244 e. The molecule has 0 aromatic rings. The molecule has 3 aliphatic rings. The third-order valence-corrected chi connectivity index (χ3v) is 10.00. The molecule has 3 N–H and O–H groups in total. The van der Waals surface area contributed by atoms with E-state index in [0.29, 0.717) is 38.9 Å². The Morgan fingerprint density at radius 2 is 1.87 bits per heavy atom. The van der Waals surface area contributed by atoms with Crippen molar-refractivity contribution in [2.75, 3.05) is 26.2 Å². The number of carbonyl (C=O) groups is 3. The number of fused-ring (bicyclic) bond motifs is 1. The first-order chi connectivity index (χ1) is 14.9. The molecule has 176 valence electrons. The zero-order valence-corrected chi connectivity index (χ0v) is 21.0. The lowest BCUT2D eigenvalue weighted by Gasteiger charge is -2.35. The molecule has 1 spiro atoms. The van der Waals surface area contributed by atoms with Crippen molar-refractivity contribution in [2.24, 2.45) is 11.8 Å². The average molecular weight is 519 g/mol. The van der Waals surface area contributed by atoms with E-state index in [-0.39, 0.29) is 34.4 Å². The highest BCUT2D eigenvalue weighted by molar-refractivity contribution is 9.09. The van der Waals surface area contributed by atoms with Crippen LogP contribution < -0.4 is 10.6 Å². The van der Waals surface area contributed by atoms with Gasteiger partial charge in [0.05, 0.1) is 16.6 Å². The molecule has 6 atom stereocenters. The quantitative estimate of drug-likeness (QED) is 0.272. The molecule has 0 saturated carbocycles. The summed E-state index contributed by atoms with van der Waals surface area (Å²) >= 11 is 5.44.